The number of anilines is 1. The van der Waals surface area contributed by atoms with E-state index < -0.39 is 10.0 Å². The van der Waals surface area contributed by atoms with Gasteiger partial charge >= 0.3 is 0 Å². The van der Waals surface area contributed by atoms with E-state index in [4.69, 9.17) is 0 Å². The standard InChI is InChI=1S/C18H23N5O2S/c1-5-15-16(11-19)18(23-22-17(15)6-2)21-12(3)13-8-7-9-14(10-13)26(24,25)20-4/h7-10,12,20H,5-6H2,1-4H3,(H,21,23). The minimum absolute atomic E-state index is 0.188. The zero-order valence-electron chi connectivity index (χ0n) is 15.4. The van der Waals surface area contributed by atoms with Gasteiger partial charge in [0.05, 0.1) is 16.6 Å². The summed E-state index contributed by atoms with van der Waals surface area (Å²) in [5.41, 5.74) is 2.98. The van der Waals surface area contributed by atoms with Crippen molar-refractivity contribution in [3.8, 4) is 6.07 Å². The molecule has 0 bridgehead atoms. The summed E-state index contributed by atoms with van der Waals surface area (Å²) in [6, 6.07) is 8.62. The molecule has 2 rings (SSSR count). The van der Waals surface area contributed by atoms with Crippen molar-refractivity contribution in [1.82, 2.24) is 14.9 Å². The van der Waals surface area contributed by atoms with Crippen LogP contribution in [-0.4, -0.2) is 25.7 Å². The molecule has 0 aliphatic carbocycles. The summed E-state index contributed by atoms with van der Waals surface area (Å²) >= 11 is 0. The summed E-state index contributed by atoms with van der Waals surface area (Å²) in [4.78, 5) is 0.188. The maximum absolute atomic E-state index is 12.0. The molecule has 1 aromatic heterocycles. The highest BCUT2D eigenvalue weighted by molar-refractivity contribution is 7.89. The second kappa shape index (κ2) is 8.25. The fourth-order valence-corrected chi connectivity index (χ4v) is 3.54. The number of nitriles is 1. The zero-order valence-corrected chi connectivity index (χ0v) is 16.2. The predicted molar refractivity (Wildman–Crippen MR) is 100 cm³/mol. The highest BCUT2D eigenvalue weighted by atomic mass is 32.2. The topological polar surface area (TPSA) is 108 Å². The minimum atomic E-state index is -3.52. The van der Waals surface area contributed by atoms with E-state index in [1.807, 2.05) is 26.8 Å². The third-order valence-electron chi connectivity index (χ3n) is 4.25. The molecule has 26 heavy (non-hydrogen) atoms. The van der Waals surface area contributed by atoms with E-state index >= 15 is 0 Å². The number of hydrogen-bond acceptors (Lipinski definition) is 6. The van der Waals surface area contributed by atoms with Crippen LogP contribution < -0.4 is 10.0 Å². The van der Waals surface area contributed by atoms with Gasteiger partial charge in [0.15, 0.2) is 5.82 Å². The van der Waals surface area contributed by atoms with Gasteiger partial charge in [0.1, 0.15) is 11.6 Å². The normalized spacial score (nSPS) is 12.4. The van der Waals surface area contributed by atoms with Gasteiger partial charge in [-0.25, -0.2) is 13.1 Å². The van der Waals surface area contributed by atoms with Crippen molar-refractivity contribution >= 4 is 15.8 Å². The van der Waals surface area contributed by atoms with Crippen LogP contribution in [0.2, 0.25) is 0 Å². The average molecular weight is 373 g/mol. The molecule has 7 nitrogen and oxygen atoms in total. The van der Waals surface area contributed by atoms with Crippen LogP contribution in [-0.2, 0) is 22.9 Å². The number of aryl methyl sites for hydroxylation is 1. The Hall–Kier alpha value is -2.50. The number of sulfonamides is 1. The molecular weight excluding hydrogens is 350 g/mol. The van der Waals surface area contributed by atoms with Crippen LogP contribution in [0.3, 0.4) is 0 Å². The first-order chi connectivity index (χ1) is 12.4. The fourth-order valence-electron chi connectivity index (χ4n) is 2.75. The second-order valence-corrected chi connectivity index (χ2v) is 7.70. The monoisotopic (exact) mass is 373 g/mol. The summed E-state index contributed by atoms with van der Waals surface area (Å²) in [5, 5.41) is 21.2. The first-order valence-electron chi connectivity index (χ1n) is 8.46. The van der Waals surface area contributed by atoms with Crippen LogP contribution in [0.5, 0.6) is 0 Å². The van der Waals surface area contributed by atoms with Crippen molar-refractivity contribution in [2.24, 2.45) is 0 Å². The van der Waals surface area contributed by atoms with Crippen molar-refractivity contribution in [2.45, 2.75) is 44.6 Å². The Balaban J connectivity index is 2.38. The highest BCUT2D eigenvalue weighted by Crippen LogP contribution is 2.25. The molecule has 1 aromatic carbocycles. The van der Waals surface area contributed by atoms with Crippen molar-refractivity contribution in [2.75, 3.05) is 12.4 Å². The maximum Gasteiger partial charge on any atom is 0.240 e. The van der Waals surface area contributed by atoms with E-state index in [2.05, 4.69) is 26.3 Å². The Morgan fingerprint density at radius 2 is 1.96 bits per heavy atom. The van der Waals surface area contributed by atoms with E-state index in [0.717, 1.165) is 16.8 Å². The summed E-state index contributed by atoms with van der Waals surface area (Å²) in [6.07, 6.45) is 1.41. The van der Waals surface area contributed by atoms with E-state index in [-0.39, 0.29) is 10.9 Å². The summed E-state index contributed by atoms with van der Waals surface area (Å²) in [6.45, 7) is 5.84. The molecule has 0 aliphatic heterocycles. The number of hydrogen-bond donors (Lipinski definition) is 2. The number of nitrogens with one attached hydrogen (secondary N) is 2. The van der Waals surface area contributed by atoms with Gasteiger partial charge in [0.25, 0.3) is 0 Å². The number of rotatable bonds is 7. The smallest absolute Gasteiger partial charge is 0.240 e. The Bertz CT molecular complexity index is 935. The van der Waals surface area contributed by atoms with Crippen LogP contribution in [0.15, 0.2) is 29.2 Å². The van der Waals surface area contributed by atoms with Crippen molar-refractivity contribution in [3.63, 3.8) is 0 Å². The number of nitrogens with zero attached hydrogens (tertiary/aromatic N) is 3. The molecular formula is C18H23N5O2S. The molecule has 0 aliphatic rings. The molecule has 1 atom stereocenters. The van der Waals surface area contributed by atoms with E-state index in [9.17, 15) is 13.7 Å². The van der Waals surface area contributed by atoms with Gasteiger partial charge in [0, 0.05) is 0 Å². The molecule has 1 heterocycles. The van der Waals surface area contributed by atoms with E-state index in [1.165, 1.54) is 13.1 Å². The third kappa shape index (κ3) is 4.00. The van der Waals surface area contributed by atoms with Gasteiger partial charge in [-0.3, -0.25) is 0 Å². The molecule has 2 N–H and O–H groups in total. The molecule has 0 amide bonds. The van der Waals surface area contributed by atoms with Crippen LogP contribution >= 0.6 is 0 Å². The first kappa shape index (κ1) is 19.8. The van der Waals surface area contributed by atoms with Gasteiger partial charge in [-0.2, -0.15) is 10.4 Å². The Kier molecular flexibility index (Phi) is 6.29. The Morgan fingerprint density at radius 1 is 1.23 bits per heavy atom. The molecule has 0 fully saturated rings. The van der Waals surface area contributed by atoms with Crippen LogP contribution in [0.25, 0.3) is 0 Å². The lowest BCUT2D eigenvalue weighted by molar-refractivity contribution is 0.588. The lowest BCUT2D eigenvalue weighted by atomic mass is 10.0. The molecule has 2 aromatic rings. The minimum Gasteiger partial charge on any atom is -0.361 e. The quantitative estimate of drug-likeness (QED) is 0.772. The van der Waals surface area contributed by atoms with E-state index in [1.54, 1.807) is 12.1 Å². The number of benzene rings is 1. The predicted octanol–water partition coefficient (Wildman–Crippen LogP) is 2.55. The van der Waals surface area contributed by atoms with E-state index in [0.29, 0.717) is 24.2 Å². The van der Waals surface area contributed by atoms with Crippen molar-refractivity contribution < 1.29 is 8.42 Å². The second-order valence-electron chi connectivity index (χ2n) is 5.81. The number of aromatic nitrogens is 2. The molecule has 0 radical (unpaired) electrons. The largest absolute Gasteiger partial charge is 0.361 e. The Morgan fingerprint density at radius 3 is 2.54 bits per heavy atom. The van der Waals surface area contributed by atoms with Gasteiger partial charge in [-0.05, 0) is 50.1 Å². The Labute approximate surface area is 154 Å². The fraction of sp³-hybridized carbons (Fsp3) is 0.389. The molecule has 138 valence electrons. The van der Waals surface area contributed by atoms with Gasteiger partial charge < -0.3 is 5.32 Å². The molecule has 0 saturated carbocycles. The van der Waals surface area contributed by atoms with Gasteiger partial charge in [-0.1, -0.05) is 26.0 Å². The highest BCUT2D eigenvalue weighted by Gasteiger charge is 2.18. The van der Waals surface area contributed by atoms with Crippen LogP contribution in [0.4, 0.5) is 5.82 Å². The van der Waals surface area contributed by atoms with Gasteiger partial charge in [-0.15, -0.1) is 5.10 Å². The molecule has 8 heteroatoms. The van der Waals surface area contributed by atoms with Crippen LogP contribution in [0.1, 0.15) is 49.2 Å². The van der Waals surface area contributed by atoms with Gasteiger partial charge in [0.2, 0.25) is 10.0 Å². The third-order valence-corrected chi connectivity index (χ3v) is 5.66. The summed E-state index contributed by atoms with van der Waals surface area (Å²) in [7, 11) is -2.14. The maximum atomic E-state index is 12.0. The lowest BCUT2D eigenvalue weighted by Crippen LogP contribution is -2.19. The lowest BCUT2D eigenvalue weighted by Gasteiger charge is -2.18. The molecule has 1 unspecified atom stereocenters. The molecule has 0 saturated heterocycles. The summed E-state index contributed by atoms with van der Waals surface area (Å²) in [5.74, 6) is 0.413. The molecule has 0 spiro atoms. The average Bonchev–Trinajstić information content (AvgIpc) is 2.67. The SMILES string of the molecule is CCc1nnc(NC(C)c2cccc(S(=O)(=O)NC)c2)c(C#N)c1CC. The summed E-state index contributed by atoms with van der Waals surface area (Å²) < 4.78 is 26.3. The first-order valence-corrected chi connectivity index (χ1v) is 9.94. The van der Waals surface area contributed by atoms with Crippen molar-refractivity contribution in [3.05, 3.63) is 46.6 Å². The van der Waals surface area contributed by atoms with Crippen molar-refractivity contribution in [1.29, 1.82) is 5.26 Å². The van der Waals surface area contributed by atoms with Crippen LogP contribution in [0, 0.1) is 11.3 Å². The zero-order chi connectivity index (χ0) is 19.3.